The molecule has 0 aliphatic rings. The maximum absolute atomic E-state index is 12.0. The second kappa shape index (κ2) is 7.08. The van der Waals surface area contributed by atoms with Crippen LogP contribution in [0.2, 0.25) is 0 Å². The highest BCUT2D eigenvalue weighted by Gasteiger charge is 2.21. The van der Waals surface area contributed by atoms with Gasteiger partial charge in [-0.25, -0.2) is 4.79 Å². The lowest BCUT2D eigenvalue weighted by Crippen LogP contribution is -2.41. The van der Waals surface area contributed by atoms with E-state index in [1.165, 1.54) is 0 Å². The molecule has 0 aromatic heterocycles. The molecule has 0 aliphatic carbocycles. The normalized spacial score (nSPS) is 12.5. The van der Waals surface area contributed by atoms with Gasteiger partial charge in [-0.3, -0.25) is 4.79 Å². The Labute approximate surface area is 120 Å². The van der Waals surface area contributed by atoms with E-state index in [4.69, 9.17) is 5.11 Å². The molecule has 4 nitrogen and oxygen atoms in total. The number of hydrogen-bond donors (Lipinski definition) is 2. The first kappa shape index (κ1) is 16.2. The minimum atomic E-state index is -0.995. The maximum atomic E-state index is 12.0. The zero-order chi connectivity index (χ0) is 15.3. The summed E-state index contributed by atoms with van der Waals surface area (Å²) in [5.74, 6) is -0.723. The van der Waals surface area contributed by atoms with Gasteiger partial charge in [0.25, 0.3) is 5.91 Å². The summed E-state index contributed by atoms with van der Waals surface area (Å²) in [5.41, 5.74) is 1.64. The van der Waals surface area contributed by atoms with Crippen molar-refractivity contribution < 1.29 is 14.7 Å². The standard InChI is InChI=1S/C16H23NO3/c1-10(2)9-14(16(19)20)17-15(18)13-7-5-12(6-8-13)11(3)4/h5-8,10-11,14H,9H2,1-4H3,(H,17,18)(H,19,20). The number of carbonyl (C=O) groups excluding carboxylic acids is 1. The van der Waals surface area contributed by atoms with E-state index in [-0.39, 0.29) is 11.8 Å². The van der Waals surface area contributed by atoms with Crippen molar-refractivity contribution in [3.63, 3.8) is 0 Å². The Morgan fingerprint density at radius 3 is 2.05 bits per heavy atom. The number of benzene rings is 1. The van der Waals surface area contributed by atoms with E-state index in [1.54, 1.807) is 12.1 Å². The number of amides is 1. The van der Waals surface area contributed by atoms with Crippen LogP contribution in [-0.2, 0) is 4.79 Å². The summed E-state index contributed by atoms with van der Waals surface area (Å²) in [6.45, 7) is 8.02. The van der Waals surface area contributed by atoms with E-state index in [2.05, 4.69) is 19.2 Å². The number of hydrogen-bond acceptors (Lipinski definition) is 2. The second-order valence-electron chi connectivity index (χ2n) is 5.77. The van der Waals surface area contributed by atoms with Gasteiger partial charge in [-0.1, -0.05) is 39.8 Å². The number of aliphatic carboxylic acids is 1. The van der Waals surface area contributed by atoms with Crippen LogP contribution in [0.1, 0.15) is 56.0 Å². The minimum absolute atomic E-state index is 0.208. The highest BCUT2D eigenvalue weighted by Crippen LogP contribution is 2.15. The van der Waals surface area contributed by atoms with Gasteiger partial charge in [0, 0.05) is 5.56 Å². The molecule has 0 heterocycles. The average molecular weight is 277 g/mol. The molecule has 4 heteroatoms. The summed E-state index contributed by atoms with van der Waals surface area (Å²) < 4.78 is 0. The Morgan fingerprint density at radius 2 is 1.65 bits per heavy atom. The van der Waals surface area contributed by atoms with Gasteiger partial charge in [0.15, 0.2) is 0 Å². The number of carboxylic acids is 1. The largest absolute Gasteiger partial charge is 0.480 e. The van der Waals surface area contributed by atoms with Gasteiger partial charge in [0.1, 0.15) is 6.04 Å². The Morgan fingerprint density at radius 1 is 1.10 bits per heavy atom. The Balaban J connectivity index is 2.76. The Hall–Kier alpha value is -1.84. The molecule has 1 rings (SSSR count). The van der Waals surface area contributed by atoms with Crippen LogP contribution in [0, 0.1) is 5.92 Å². The Kier molecular flexibility index (Phi) is 5.74. The number of nitrogens with one attached hydrogen (secondary N) is 1. The fourth-order valence-corrected chi connectivity index (χ4v) is 1.95. The topological polar surface area (TPSA) is 66.4 Å². The van der Waals surface area contributed by atoms with E-state index >= 15 is 0 Å². The zero-order valence-electron chi connectivity index (χ0n) is 12.5. The number of rotatable bonds is 6. The first-order valence-corrected chi connectivity index (χ1v) is 6.95. The smallest absolute Gasteiger partial charge is 0.326 e. The molecule has 0 fully saturated rings. The fraction of sp³-hybridized carbons (Fsp3) is 0.500. The molecule has 1 aromatic carbocycles. The SMILES string of the molecule is CC(C)CC(NC(=O)c1ccc(C(C)C)cc1)C(=O)O. The first-order valence-electron chi connectivity index (χ1n) is 6.95. The van der Waals surface area contributed by atoms with Gasteiger partial charge >= 0.3 is 5.97 Å². The van der Waals surface area contributed by atoms with Gasteiger partial charge in [0.05, 0.1) is 0 Å². The summed E-state index contributed by atoms with van der Waals surface area (Å²) >= 11 is 0. The lowest BCUT2D eigenvalue weighted by atomic mass is 10.0. The molecule has 1 atom stereocenters. The van der Waals surface area contributed by atoms with Crippen molar-refractivity contribution in [1.82, 2.24) is 5.32 Å². The molecular formula is C16H23NO3. The molecule has 110 valence electrons. The van der Waals surface area contributed by atoms with Gasteiger partial charge < -0.3 is 10.4 Å². The van der Waals surface area contributed by atoms with Crippen LogP contribution in [0.5, 0.6) is 0 Å². The van der Waals surface area contributed by atoms with Crippen molar-refractivity contribution in [2.24, 2.45) is 5.92 Å². The van der Waals surface area contributed by atoms with Crippen LogP contribution >= 0.6 is 0 Å². The predicted octanol–water partition coefficient (Wildman–Crippen LogP) is 3.04. The van der Waals surface area contributed by atoms with Gasteiger partial charge in [-0.15, -0.1) is 0 Å². The van der Waals surface area contributed by atoms with Crippen LogP contribution in [0.15, 0.2) is 24.3 Å². The van der Waals surface area contributed by atoms with Crippen molar-refractivity contribution in [2.45, 2.75) is 46.1 Å². The average Bonchev–Trinajstić information content (AvgIpc) is 2.37. The van der Waals surface area contributed by atoms with Crippen molar-refractivity contribution >= 4 is 11.9 Å². The molecule has 1 amide bonds. The van der Waals surface area contributed by atoms with Gasteiger partial charge in [-0.2, -0.15) is 0 Å². The lowest BCUT2D eigenvalue weighted by Gasteiger charge is -2.16. The Bertz CT molecular complexity index is 463. The predicted molar refractivity (Wildman–Crippen MR) is 78.9 cm³/mol. The highest BCUT2D eigenvalue weighted by atomic mass is 16.4. The molecule has 0 radical (unpaired) electrons. The highest BCUT2D eigenvalue weighted by molar-refractivity contribution is 5.96. The summed E-state index contributed by atoms with van der Waals surface area (Å²) in [7, 11) is 0. The van der Waals surface area contributed by atoms with Crippen LogP contribution < -0.4 is 5.32 Å². The van der Waals surface area contributed by atoms with E-state index in [0.29, 0.717) is 17.9 Å². The lowest BCUT2D eigenvalue weighted by molar-refractivity contribution is -0.139. The third-order valence-electron chi connectivity index (χ3n) is 3.15. The molecule has 20 heavy (non-hydrogen) atoms. The van der Waals surface area contributed by atoms with Crippen molar-refractivity contribution in [2.75, 3.05) is 0 Å². The first-order chi connectivity index (χ1) is 9.31. The molecule has 0 spiro atoms. The summed E-state index contributed by atoms with van der Waals surface area (Å²) in [6, 6.07) is 6.43. The fourth-order valence-electron chi connectivity index (χ4n) is 1.95. The van der Waals surface area contributed by atoms with Crippen LogP contribution in [0.3, 0.4) is 0 Å². The minimum Gasteiger partial charge on any atom is -0.480 e. The molecule has 0 aliphatic heterocycles. The van der Waals surface area contributed by atoms with Gasteiger partial charge in [0.2, 0.25) is 0 Å². The number of carboxylic acid groups (broad SMARTS) is 1. The molecule has 2 N–H and O–H groups in total. The third kappa shape index (κ3) is 4.68. The van der Waals surface area contributed by atoms with E-state index < -0.39 is 12.0 Å². The summed E-state index contributed by atoms with van der Waals surface area (Å²) in [4.78, 5) is 23.2. The van der Waals surface area contributed by atoms with Crippen molar-refractivity contribution in [3.8, 4) is 0 Å². The summed E-state index contributed by atoms with van der Waals surface area (Å²) in [6.07, 6.45) is 0.422. The number of carbonyl (C=O) groups is 2. The maximum Gasteiger partial charge on any atom is 0.326 e. The summed E-state index contributed by atoms with van der Waals surface area (Å²) in [5, 5.41) is 11.7. The molecule has 1 aromatic rings. The van der Waals surface area contributed by atoms with E-state index in [1.807, 2.05) is 26.0 Å². The molecule has 0 saturated carbocycles. The molecule has 1 unspecified atom stereocenters. The zero-order valence-corrected chi connectivity index (χ0v) is 12.5. The molecule has 0 saturated heterocycles. The van der Waals surface area contributed by atoms with Gasteiger partial charge in [-0.05, 0) is 36.0 Å². The van der Waals surface area contributed by atoms with Crippen molar-refractivity contribution in [3.05, 3.63) is 35.4 Å². The van der Waals surface area contributed by atoms with Crippen LogP contribution in [-0.4, -0.2) is 23.0 Å². The van der Waals surface area contributed by atoms with Crippen LogP contribution in [0.25, 0.3) is 0 Å². The van der Waals surface area contributed by atoms with Crippen molar-refractivity contribution in [1.29, 1.82) is 0 Å². The monoisotopic (exact) mass is 277 g/mol. The van der Waals surface area contributed by atoms with Crippen LogP contribution in [0.4, 0.5) is 0 Å². The third-order valence-corrected chi connectivity index (χ3v) is 3.15. The van der Waals surface area contributed by atoms with E-state index in [9.17, 15) is 9.59 Å². The quantitative estimate of drug-likeness (QED) is 0.840. The molecular weight excluding hydrogens is 254 g/mol. The van der Waals surface area contributed by atoms with E-state index in [0.717, 1.165) is 5.56 Å². The molecule has 0 bridgehead atoms. The second-order valence-corrected chi connectivity index (χ2v) is 5.77.